The molecule has 10 unspecified atom stereocenters. The zero-order chi connectivity index (χ0) is 28.1. The van der Waals surface area contributed by atoms with Crippen LogP contribution in [0.15, 0.2) is 0 Å². The first-order chi connectivity index (χ1) is 19.3. The largest absolute Gasteiger partial charge is 0.379 e. The zero-order valence-electron chi connectivity index (χ0n) is 25.4. The van der Waals surface area contributed by atoms with Gasteiger partial charge in [-0.15, -0.1) is 0 Å². The molecule has 40 heavy (non-hydrogen) atoms. The minimum absolute atomic E-state index is 0.00782. The van der Waals surface area contributed by atoms with Gasteiger partial charge in [-0.25, -0.2) is 0 Å². The average Bonchev–Trinajstić information content (AvgIpc) is 3.30. The van der Waals surface area contributed by atoms with E-state index in [1.165, 1.54) is 19.3 Å². The van der Waals surface area contributed by atoms with Gasteiger partial charge in [-0.2, -0.15) is 0 Å². The molecule has 8 heteroatoms. The van der Waals surface area contributed by atoms with Gasteiger partial charge in [0.15, 0.2) is 0 Å². The number of nitrogens with zero attached hydrogens (tertiary/aromatic N) is 1. The Bertz CT molecular complexity index is 922. The summed E-state index contributed by atoms with van der Waals surface area (Å²) in [6.07, 6.45) is 10.1. The summed E-state index contributed by atoms with van der Waals surface area (Å²) in [5.41, 5.74) is 0. The number of ether oxygens (including phenoxy) is 3. The maximum Gasteiger partial charge on any atom is 0.249 e. The first-order valence-electron chi connectivity index (χ1n) is 16.5. The van der Waals surface area contributed by atoms with Crippen molar-refractivity contribution in [2.24, 2.45) is 35.5 Å². The molecular weight excluding hydrogens is 506 g/mol. The molecule has 3 saturated carbocycles. The Kier molecular flexibility index (Phi) is 8.53. The number of amides is 2. The normalized spacial score (nSPS) is 45.5. The Hall–Kier alpha value is -1.22. The van der Waals surface area contributed by atoms with Crippen LogP contribution in [0, 0.1) is 35.5 Å². The molecule has 3 aliphatic carbocycles. The van der Waals surface area contributed by atoms with Crippen molar-refractivity contribution in [2.45, 2.75) is 134 Å². The molecule has 0 radical (unpaired) electrons. The molecule has 2 amide bonds. The molecule has 0 aromatic carbocycles. The van der Waals surface area contributed by atoms with E-state index in [1.54, 1.807) is 14.2 Å². The molecule has 3 aliphatic heterocycles. The third kappa shape index (κ3) is 5.03. The van der Waals surface area contributed by atoms with Crippen molar-refractivity contribution >= 4 is 11.8 Å². The molecule has 0 spiro atoms. The maximum absolute atomic E-state index is 14.2. The summed E-state index contributed by atoms with van der Waals surface area (Å²) in [5.74, 6) is 3.13. The number of carbonyl (C=O) groups is 2. The number of hydrogen-bond acceptors (Lipinski definition) is 5. The molecule has 226 valence electrons. The molecule has 3 N–H and O–H groups in total. The van der Waals surface area contributed by atoms with Crippen LogP contribution in [0.3, 0.4) is 0 Å². The highest BCUT2D eigenvalue weighted by molar-refractivity contribution is 5.83. The third-order valence-electron chi connectivity index (χ3n) is 12.2. The van der Waals surface area contributed by atoms with Gasteiger partial charge in [0.25, 0.3) is 0 Å². The van der Waals surface area contributed by atoms with Gasteiger partial charge >= 0.3 is 0 Å². The van der Waals surface area contributed by atoms with Crippen LogP contribution < -0.4 is 10.6 Å². The molecule has 6 rings (SSSR count). The number of quaternary nitrogens is 1. The molecule has 3 heterocycles. The van der Waals surface area contributed by atoms with E-state index < -0.39 is 6.10 Å². The number of methoxy groups -OCH3 is 2. The Morgan fingerprint density at radius 1 is 0.925 bits per heavy atom. The lowest BCUT2D eigenvalue weighted by Crippen LogP contribution is -2.99. The fraction of sp³-hybridized carbons (Fsp3) is 0.938. The number of nitrogens with two attached hydrogens (primary N) is 1. The minimum atomic E-state index is -0.432. The van der Waals surface area contributed by atoms with Crippen molar-refractivity contribution in [1.29, 1.82) is 0 Å². The third-order valence-corrected chi connectivity index (χ3v) is 12.2. The standard InChI is InChI=1S/C32H53N3O5/c1-17(2)19-6-8-20(9-7-19)34-31(36)18(3)40-21-10-12-25-24(16-21)22-14-15-33-28-23-11-13-26(38-4)30(39-5)27(23)32(37)35(25)29(22)28/h17-30,33H,6-16H2,1-5H3,(H,34,36)/p+1/t18-,19?,20?,21?,22?,23?,24?,25?,26?,27?,28?,29?,30?/m0/s1. The van der Waals surface area contributed by atoms with Gasteiger partial charge in [-0.05, 0) is 88.4 Å². The van der Waals surface area contributed by atoms with E-state index in [4.69, 9.17) is 14.2 Å². The van der Waals surface area contributed by atoms with Gasteiger partial charge in [0.2, 0.25) is 11.8 Å². The van der Waals surface area contributed by atoms with E-state index in [2.05, 4.69) is 29.4 Å². The summed E-state index contributed by atoms with van der Waals surface area (Å²) in [5, 5.41) is 5.84. The highest BCUT2D eigenvalue weighted by Gasteiger charge is 2.66. The quantitative estimate of drug-likeness (QED) is 0.499. The Morgan fingerprint density at radius 2 is 1.70 bits per heavy atom. The molecular formula is C32H54N3O5+. The summed E-state index contributed by atoms with van der Waals surface area (Å²) in [4.78, 5) is 29.7. The van der Waals surface area contributed by atoms with Gasteiger partial charge in [-0.3, -0.25) is 9.59 Å². The molecule has 0 aromatic rings. The van der Waals surface area contributed by atoms with Crippen LogP contribution >= 0.6 is 0 Å². The number of hydrogen-bond donors (Lipinski definition) is 2. The molecule has 0 bridgehead atoms. The first-order valence-corrected chi connectivity index (χ1v) is 16.5. The van der Waals surface area contributed by atoms with Crippen molar-refractivity contribution in [3.05, 3.63) is 0 Å². The van der Waals surface area contributed by atoms with E-state index in [-0.39, 0.29) is 42.2 Å². The zero-order valence-corrected chi connectivity index (χ0v) is 25.4. The van der Waals surface area contributed by atoms with Gasteiger partial charge in [0, 0.05) is 38.6 Å². The summed E-state index contributed by atoms with van der Waals surface area (Å²) in [7, 11) is 3.50. The fourth-order valence-electron chi connectivity index (χ4n) is 10.2. The van der Waals surface area contributed by atoms with Crippen LogP contribution in [0.4, 0.5) is 0 Å². The minimum Gasteiger partial charge on any atom is -0.379 e. The molecule has 11 atom stereocenters. The molecule has 6 aliphatic rings. The lowest BCUT2D eigenvalue weighted by molar-refractivity contribution is -0.713. The first kappa shape index (κ1) is 28.9. The highest BCUT2D eigenvalue weighted by atomic mass is 16.5. The topological polar surface area (TPSA) is 93.7 Å². The number of piperidine rings is 2. The maximum atomic E-state index is 14.2. The number of fused-ring (bicyclic) bond motifs is 5. The Morgan fingerprint density at radius 3 is 2.40 bits per heavy atom. The van der Waals surface area contributed by atoms with Gasteiger partial charge in [0.1, 0.15) is 12.1 Å². The Labute approximate surface area is 241 Å². The number of nitrogens with one attached hydrogen (secondary N) is 1. The van der Waals surface area contributed by atoms with Crippen LogP contribution in [0.25, 0.3) is 0 Å². The van der Waals surface area contributed by atoms with Crippen molar-refractivity contribution < 1.29 is 29.1 Å². The number of rotatable bonds is 7. The van der Waals surface area contributed by atoms with Crippen molar-refractivity contribution in [2.75, 3.05) is 20.8 Å². The lowest BCUT2D eigenvalue weighted by atomic mass is 9.64. The number of carbonyl (C=O) groups excluding carboxylic acids is 2. The van der Waals surface area contributed by atoms with Gasteiger partial charge in [-0.1, -0.05) is 13.8 Å². The van der Waals surface area contributed by atoms with Crippen LogP contribution in [0.1, 0.15) is 85.0 Å². The predicted octanol–water partition coefficient (Wildman–Crippen LogP) is 2.49. The second-order valence-electron chi connectivity index (χ2n) is 14.3. The molecule has 0 aromatic heterocycles. The average molecular weight is 561 g/mol. The van der Waals surface area contributed by atoms with Crippen LogP contribution in [-0.2, 0) is 23.8 Å². The second kappa shape index (κ2) is 11.8. The monoisotopic (exact) mass is 560 g/mol. The SMILES string of the molecule is COC1CCC2C3[NH2+]CCC4C5CC(O[C@@H](C)C(=O)NC6CCC(C(C)C)CC6)CCC5N(C(=O)C2C1OC)C43. The smallest absolute Gasteiger partial charge is 0.249 e. The summed E-state index contributed by atoms with van der Waals surface area (Å²) >= 11 is 0. The summed E-state index contributed by atoms with van der Waals surface area (Å²) in [6, 6.07) is 1.36. The van der Waals surface area contributed by atoms with E-state index in [1.807, 2.05) is 6.92 Å². The second-order valence-corrected chi connectivity index (χ2v) is 14.3. The van der Waals surface area contributed by atoms with E-state index in [0.29, 0.717) is 35.7 Å². The summed E-state index contributed by atoms with van der Waals surface area (Å²) < 4.78 is 18.2. The van der Waals surface area contributed by atoms with Crippen molar-refractivity contribution in [3.8, 4) is 0 Å². The molecule has 8 nitrogen and oxygen atoms in total. The van der Waals surface area contributed by atoms with Crippen LogP contribution in [0.5, 0.6) is 0 Å². The highest BCUT2D eigenvalue weighted by Crippen LogP contribution is 2.53. The van der Waals surface area contributed by atoms with E-state index in [9.17, 15) is 9.59 Å². The fourth-order valence-corrected chi connectivity index (χ4v) is 10.2. The predicted molar refractivity (Wildman–Crippen MR) is 151 cm³/mol. The van der Waals surface area contributed by atoms with Gasteiger partial charge in [0.05, 0.1) is 36.8 Å². The van der Waals surface area contributed by atoms with Crippen molar-refractivity contribution in [3.63, 3.8) is 0 Å². The van der Waals surface area contributed by atoms with Crippen LogP contribution in [-0.4, -0.2) is 86.1 Å². The van der Waals surface area contributed by atoms with E-state index in [0.717, 1.165) is 63.3 Å². The summed E-state index contributed by atoms with van der Waals surface area (Å²) in [6.45, 7) is 7.68. The molecule has 6 fully saturated rings. The van der Waals surface area contributed by atoms with E-state index >= 15 is 0 Å². The Balaban J connectivity index is 1.10. The van der Waals surface area contributed by atoms with Crippen molar-refractivity contribution in [1.82, 2.24) is 10.2 Å². The molecule has 3 saturated heterocycles. The van der Waals surface area contributed by atoms with Crippen LogP contribution in [0.2, 0.25) is 0 Å². The lowest BCUT2D eigenvalue weighted by Gasteiger charge is -2.53. The van der Waals surface area contributed by atoms with Gasteiger partial charge < -0.3 is 29.7 Å².